The van der Waals surface area contributed by atoms with Crippen LogP contribution in [0, 0.1) is 0 Å². The van der Waals surface area contributed by atoms with Gasteiger partial charge in [-0.3, -0.25) is 0 Å². The van der Waals surface area contributed by atoms with Gasteiger partial charge in [0, 0.05) is 19.6 Å². The van der Waals surface area contributed by atoms with E-state index in [1.165, 1.54) is 5.56 Å². The first-order chi connectivity index (χ1) is 10.2. The van der Waals surface area contributed by atoms with Gasteiger partial charge in [0.25, 0.3) is 0 Å². The standard InChI is InChI=1S/C16H21N3O2/c1-19(13-14-6-3-2-4-7-14)10-9-17-16(20)18-12-15-8-5-11-21-15/h2-8,11H,9-10,12-13H2,1H3,(H2,17,18,20). The minimum Gasteiger partial charge on any atom is -0.467 e. The molecule has 0 bridgehead atoms. The first kappa shape index (κ1) is 15.1. The lowest BCUT2D eigenvalue weighted by atomic mass is 10.2. The number of benzene rings is 1. The van der Waals surface area contributed by atoms with Crippen LogP contribution in [0.1, 0.15) is 11.3 Å². The summed E-state index contributed by atoms with van der Waals surface area (Å²) < 4.78 is 5.14. The van der Waals surface area contributed by atoms with Gasteiger partial charge in [0.1, 0.15) is 5.76 Å². The fourth-order valence-corrected chi connectivity index (χ4v) is 1.98. The Bertz CT molecular complexity index is 526. The van der Waals surface area contributed by atoms with Crippen molar-refractivity contribution in [3.63, 3.8) is 0 Å². The second kappa shape index (κ2) is 8.11. The molecule has 2 N–H and O–H groups in total. The number of hydrogen-bond donors (Lipinski definition) is 2. The van der Waals surface area contributed by atoms with Crippen LogP contribution in [0.15, 0.2) is 53.1 Å². The molecule has 1 heterocycles. The van der Waals surface area contributed by atoms with Gasteiger partial charge in [-0.05, 0) is 24.7 Å². The largest absolute Gasteiger partial charge is 0.467 e. The summed E-state index contributed by atoms with van der Waals surface area (Å²) in [6.45, 7) is 2.67. The molecule has 1 aromatic carbocycles. The third-order valence-electron chi connectivity index (χ3n) is 3.08. The van der Waals surface area contributed by atoms with Crippen molar-refractivity contribution in [3.8, 4) is 0 Å². The maximum atomic E-state index is 11.6. The topological polar surface area (TPSA) is 57.5 Å². The zero-order chi connectivity index (χ0) is 14.9. The smallest absolute Gasteiger partial charge is 0.315 e. The quantitative estimate of drug-likeness (QED) is 0.821. The van der Waals surface area contributed by atoms with E-state index in [9.17, 15) is 4.79 Å². The number of amides is 2. The second-order valence-electron chi connectivity index (χ2n) is 4.91. The average Bonchev–Trinajstić information content (AvgIpc) is 2.99. The molecule has 0 fully saturated rings. The predicted octanol–water partition coefficient (Wildman–Crippen LogP) is 2.21. The molecule has 2 aromatic rings. The molecule has 5 heteroatoms. The van der Waals surface area contributed by atoms with E-state index in [0.29, 0.717) is 13.1 Å². The molecule has 0 unspecified atom stereocenters. The summed E-state index contributed by atoms with van der Waals surface area (Å²) in [5.74, 6) is 0.742. The molecule has 112 valence electrons. The van der Waals surface area contributed by atoms with Gasteiger partial charge in [-0.15, -0.1) is 0 Å². The molecule has 0 aliphatic rings. The van der Waals surface area contributed by atoms with E-state index < -0.39 is 0 Å². The van der Waals surface area contributed by atoms with Gasteiger partial charge in [0.15, 0.2) is 0 Å². The van der Waals surface area contributed by atoms with Gasteiger partial charge in [-0.2, -0.15) is 0 Å². The number of urea groups is 1. The molecular formula is C16H21N3O2. The van der Waals surface area contributed by atoms with Crippen LogP contribution in [0.5, 0.6) is 0 Å². The minimum absolute atomic E-state index is 0.181. The lowest BCUT2D eigenvalue weighted by molar-refractivity contribution is 0.236. The molecule has 0 radical (unpaired) electrons. The highest BCUT2D eigenvalue weighted by molar-refractivity contribution is 5.73. The number of rotatable bonds is 7. The van der Waals surface area contributed by atoms with Crippen molar-refractivity contribution < 1.29 is 9.21 Å². The van der Waals surface area contributed by atoms with Crippen molar-refractivity contribution in [3.05, 3.63) is 60.1 Å². The van der Waals surface area contributed by atoms with Crippen molar-refractivity contribution in [2.45, 2.75) is 13.1 Å². The van der Waals surface area contributed by atoms with Gasteiger partial charge in [0.2, 0.25) is 0 Å². The Balaban J connectivity index is 1.59. The zero-order valence-electron chi connectivity index (χ0n) is 12.2. The average molecular weight is 287 g/mol. The molecule has 0 saturated carbocycles. The lowest BCUT2D eigenvalue weighted by Crippen LogP contribution is -2.39. The number of carbonyl (C=O) groups is 1. The molecular weight excluding hydrogens is 266 g/mol. The molecule has 0 atom stereocenters. The Morgan fingerprint density at radius 1 is 1.14 bits per heavy atom. The highest BCUT2D eigenvalue weighted by Crippen LogP contribution is 2.01. The first-order valence-corrected chi connectivity index (χ1v) is 7.00. The summed E-state index contributed by atoms with van der Waals surface area (Å²) in [5, 5.41) is 5.57. The Hall–Kier alpha value is -2.27. The summed E-state index contributed by atoms with van der Waals surface area (Å²) in [6.07, 6.45) is 1.59. The Morgan fingerprint density at radius 2 is 1.95 bits per heavy atom. The Labute approximate surface area is 124 Å². The van der Waals surface area contributed by atoms with Gasteiger partial charge in [-0.25, -0.2) is 4.79 Å². The van der Waals surface area contributed by atoms with Crippen LogP contribution in [-0.4, -0.2) is 31.1 Å². The van der Waals surface area contributed by atoms with Crippen LogP contribution in [-0.2, 0) is 13.1 Å². The maximum Gasteiger partial charge on any atom is 0.315 e. The fourth-order valence-electron chi connectivity index (χ4n) is 1.98. The maximum absolute atomic E-state index is 11.6. The van der Waals surface area contributed by atoms with E-state index in [2.05, 4.69) is 27.7 Å². The fraction of sp³-hybridized carbons (Fsp3) is 0.312. The number of hydrogen-bond acceptors (Lipinski definition) is 3. The Kier molecular flexibility index (Phi) is 5.84. The molecule has 0 saturated heterocycles. The molecule has 2 amide bonds. The van der Waals surface area contributed by atoms with Crippen molar-refractivity contribution in [2.75, 3.05) is 20.1 Å². The second-order valence-corrected chi connectivity index (χ2v) is 4.91. The van der Waals surface area contributed by atoms with E-state index in [1.807, 2.05) is 31.3 Å². The number of carbonyl (C=O) groups excluding carboxylic acids is 1. The summed E-state index contributed by atoms with van der Waals surface area (Å²) in [4.78, 5) is 13.8. The number of furan rings is 1. The third kappa shape index (κ3) is 5.71. The molecule has 5 nitrogen and oxygen atoms in total. The highest BCUT2D eigenvalue weighted by atomic mass is 16.3. The monoisotopic (exact) mass is 287 g/mol. The van der Waals surface area contributed by atoms with Crippen LogP contribution in [0.3, 0.4) is 0 Å². The van der Waals surface area contributed by atoms with Crippen LogP contribution in [0.2, 0.25) is 0 Å². The van der Waals surface area contributed by atoms with Crippen molar-refractivity contribution in [2.24, 2.45) is 0 Å². The van der Waals surface area contributed by atoms with E-state index in [0.717, 1.165) is 18.8 Å². The normalized spacial score (nSPS) is 10.6. The van der Waals surface area contributed by atoms with Crippen molar-refractivity contribution in [1.82, 2.24) is 15.5 Å². The predicted molar refractivity (Wildman–Crippen MR) is 81.7 cm³/mol. The summed E-state index contributed by atoms with van der Waals surface area (Å²) in [5.41, 5.74) is 1.27. The van der Waals surface area contributed by atoms with Gasteiger partial charge >= 0.3 is 6.03 Å². The van der Waals surface area contributed by atoms with Crippen LogP contribution in [0.4, 0.5) is 4.79 Å². The highest BCUT2D eigenvalue weighted by Gasteiger charge is 2.03. The van der Waals surface area contributed by atoms with Gasteiger partial charge in [-0.1, -0.05) is 30.3 Å². The number of nitrogens with zero attached hydrogens (tertiary/aromatic N) is 1. The first-order valence-electron chi connectivity index (χ1n) is 7.00. The van der Waals surface area contributed by atoms with Gasteiger partial charge < -0.3 is 20.0 Å². The zero-order valence-corrected chi connectivity index (χ0v) is 12.2. The molecule has 0 spiro atoms. The van der Waals surface area contributed by atoms with Crippen LogP contribution < -0.4 is 10.6 Å². The number of nitrogens with one attached hydrogen (secondary N) is 2. The van der Waals surface area contributed by atoms with E-state index in [-0.39, 0.29) is 6.03 Å². The molecule has 21 heavy (non-hydrogen) atoms. The summed E-state index contributed by atoms with van der Waals surface area (Å²) in [6, 6.07) is 13.7. The molecule has 0 aliphatic carbocycles. The third-order valence-corrected chi connectivity index (χ3v) is 3.08. The summed E-state index contributed by atoms with van der Waals surface area (Å²) in [7, 11) is 2.04. The molecule has 2 rings (SSSR count). The summed E-state index contributed by atoms with van der Waals surface area (Å²) >= 11 is 0. The van der Waals surface area contributed by atoms with Gasteiger partial charge in [0.05, 0.1) is 12.8 Å². The Morgan fingerprint density at radius 3 is 2.67 bits per heavy atom. The van der Waals surface area contributed by atoms with Crippen LogP contribution in [0.25, 0.3) is 0 Å². The molecule has 0 aliphatic heterocycles. The van der Waals surface area contributed by atoms with E-state index in [1.54, 1.807) is 12.3 Å². The van der Waals surface area contributed by atoms with Crippen molar-refractivity contribution >= 4 is 6.03 Å². The molecule has 1 aromatic heterocycles. The SMILES string of the molecule is CN(CCNC(=O)NCc1ccco1)Cc1ccccc1. The van der Waals surface area contributed by atoms with E-state index in [4.69, 9.17) is 4.42 Å². The lowest BCUT2D eigenvalue weighted by Gasteiger charge is -2.17. The van der Waals surface area contributed by atoms with E-state index >= 15 is 0 Å². The van der Waals surface area contributed by atoms with Crippen LogP contribution >= 0.6 is 0 Å². The minimum atomic E-state index is -0.181. The van der Waals surface area contributed by atoms with Crippen molar-refractivity contribution in [1.29, 1.82) is 0 Å². The number of likely N-dealkylation sites (N-methyl/N-ethyl adjacent to an activating group) is 1.